The molecule has 1 atom stereocenters. The minimum atomic E-state index is -0.486. The quantitative estimate of drug-likeness (QED) is 0.478. The fourth-order valence-electron chi connectivity index (χ4n) is 4.25. The van der Waals surface area contributed by atoms with E-state index in [-0.39, 0.29) is 17.9 Å². The van der Waals surface area contributed by atoms with Crippen molar-refractivity contribution in [3.05, 3.63) is 59.7 Å². The molecule has 1 saturated carbocycles. The summed E-state index contributed by atoms with van der Waals surface area (Å²) in [7, 11) is 1.63. The molecule has 0 unspecified atom stereocenters. The molecule has 1 aliphatic rings. The van der Waals surface area contributed by atoms with Crippen molar-refractivity contribution >= 4 is 23.6 Å². The van der Waals surface area contributed by atoms with Crippen LogP contribution in [0.4, 0.5) is 0 Å². The van der Waals surface area contributed by atoms with Crippen LogP contribution in [0.25, 0.3) is 0 Å². The first-order valence-electron chi connectivity index (χ1n) is 11.9. The van der Waals surface area contributed by atoms with E-state index in [9.17, 15) is 9.59 Å². The number of carbonyl (C=O) groups excluding carboxylic acids is 2. The third kappa shape index (κ3) is 7.53. The highest BCUT2D eigenvalue weighted by atomic mass is 32.2. The molecule has 0 aliphatic heterocycles. The Bertz CT molecular complexity index is 893. The normalized spacial score (nSPS) is 15.0. The first kappa shape index (κ1) is 25.2. The lowest BCUT2D eigenvalue weighted by molar-refractivity contribution is -0.139. The number of aryl methyl sites for hydroxylation is 1. The van der Waals surface area contributed by atoms with E-state index in [0.717, 1.165) is 41.9 Å². The van der Waals surface area contributed by atoms with Crippen LogP contribution in [0.15, 0.2) is 53.4 Å². The number of thioether (sulfide) groups is 1. The Morgan fingerprint density at radius 2 is 1.73 bits per heavy atom. The summed E-state index contributed by atoms with van der Waals surface area (Å²) in [4.78, 5) is 29.5. The molecule has 3 rings (SSSR count). The summed E-state index contributed by atoms with van der Waals surface area (Å²) in [6.07, 6.45) is 6.18. The van der Waals surface area contributed by atoms with Gasteiger partial charge in [0.2, 0.25) is 11.8 Å². The van der Waals surface area contributed by atoms with Crippen molar-refractivity contribution < 1.29 is 14.3 Å². The maximum absolute atomic E-state index is 13.4. The summed E-state index contributed by atoms with van der Waals surface area (Å²) in [5.41, 5.74) is 2.17. The summed E-state index contributed by atoms with van der Waals surface area (Å²) in [6, 6.07) is 15.6. The molecule has 0 radical (unpaired) electrons. The molecule has 178 valence electrons. The van der Waals surface area contributed by atoms with E-state index >= 15 is 0 Å². The zero-order chi connectivity index (χ0) is 23.6. The van der Waals surface area contributed by atoms with Crippen LogP contribution in [0, 0.1) is 6.92 Å². The topological polar surface area (TPSA) is 58.6 Å². The molecule has 2 aromatic carbocycles. The first-order chi connectivity index (χ1) is 16.0. The van der Waals surface area contributed by atoms with Crippen molar-refractivity contribution in [3.8, 4) is 5.75 Å². The average molecular weight is 469 g/mol. The van der Waals surface area contributed by atoms with Crippen molar-refractivity contribution in [2.75, 3.05) is 12.9 Å². The fraction of sp³-hybridized carbons (Fsp3) is 0.481. The number of carbonyl (C=O) groups is 2. The Kier molecular flexibility index (Phi) is 9.67. The first-order valence-corrected chi connectivity index (χ1v) is 12.9. The minimum absolute atomic E-state index is 0.0259. The number of amides is 2. The van der Waals surface area contributed by atoms with Gasteiger partial charge in [-0.25, -0.2) is 0 Å². The van der Waals surface area contributed by atoms with Gasteiger partial charge in [-0.2, -0.15) is 0 Å². The van der Waals surface area contributed by atoms with E-state index in [1.807, 2.05) is 62.4 Å². The van der Waals surface area contributed by atoms with E-state index in [1.165, 1.54) is 23.7 Å². The van der Waals surface area contributed by atoms with Gasteiger partial charge in [0.15, 0.2) is 0 Å². The number of hydrogen-bond donors (Lipinski definition) is 1. The molecule has 5 nitrogen and oxygen atoms in total. The van der Waals surface area contributed by atoms with Crippen LogP contribution in [-0.4, -0.2) is 41.7 Å². The van der Waals surface area contributed by atoms with Crippen molar-refractivity contribution in [2.45, 2.75) is 75.9 Å². The highest BCUT2D eigenvalue weighted by Gasteiger charge is 2.30. The second-order valence-electron chi connectivity index (χ2n) is 8.74. The minimum Gasteiger partial charge on any atom is -0.497 e. The predicted molar refractivity (Wildman–Crippen MR) is 135 cm³/mol. The van der Waals surface area contributed by atoms with Gasteiger partial charge < -0.3 is 15.0 Å². The van der Waals surface area contributed by atoms with Gasteiger partial charge in [0.05, 0.1) is 12.9 Å². The summed E-state index contributed by atoms with van der Waals surface area (Å²) in [6.45, 7) is 4.42. The smallest absolute Gasteiger partial charge is 0.243 e. The van der Waals surface area contributed by atoms with Crippen LogP contribution in [0.3, 0.4) is 0 Å². The van der Waals surface area contributed by atoms with E-state index in [0.29, 0.717) is 18.7 Å². The molecule has 0 spiro atoms. The van der Waals surface area contributed by atoms with Crippen molar-refractivity contribution in [1.82, 2.24) is 10.2 Å². The molecular weight excluding hydrogens is 432 g/mol. The zero-order valence-electron chi connectivity index (χ0n) is 20.0. The number of nitrogens with one attached hydrogen (secondary N) is 1. The zero-order valence-corrected chi connectivity index (χ0v) is 20.8. The molecule has 6 heteroatoms. The molecule has 1 aliphatic carbocycles. The summed E-state index contributed by atoms with van der Waals surface area (Å²) >= 11 is 1.51. The van der Waals surface area contributed by atoms with Gasteiger partial charge in [-0.3, -0.25) is 9.59 Å². The molecule has 33 heavy (non-hydrogen) atoms. The van der Waals surface area contributed by atoms with Gasteiger partial charge in [-0.1, -0.05) is 56.0 Å². The standard InChI is InChI=1S/C27H36N2O3S/c1-4-25(27(31)28-22-8-6-5-7-9-22)29(18-21-12-14-23(32-3)15-13-21)26(30)19-33-24-16-10-20(2)11-17-24/h10-17,22,25H,4-9,18-19H2,1-3H3,(H,28,31)/t25-/m1/s1. The number of nitrogens with zero attached hydrogens (tertiary/aromatic N) is 1. The maximum atomic E-state index is 13.4. The van der Waals surface area contributed by atoms with E-state index in [4.69, 9.17) is 4.74 Å². The highest BCUT2D eigenvalue weighted by Crippen LogP contribution is 2.23. The van der Waals surface area contributed by atoms with Crippen LogP contribution >= 0.6 is 11.8 Å². The summed E-state index contributed by atoms with van der Waals surface area (Å²) < 4.78 is 5.26. The van der Waals surface area contributed by atoms with E-state index < -0.39 is 6.04 Å². The molecule has 0 bridgehead atoms. The van der Waals surface area contributed by atoms with E-state index in [2.05, 4.69) is 5.32 Å². The van der Waals surface area contributed by atoms with Crippen LogP contribution < -0.4 is 10.1 Å². The second kappa shape index (κ2) is 12.7. The highest BCUT2D eigenvalue weighted by molar-refractivity contribution is 8.00. The predicted octanol–water partition coefficient (Wildman–Crippen LogP) is 5.35. The summed E-state index contributed by atoms with van der Waals surface area (Å²) in [5, 5.41) is 3.23. The van der Waals surface area contributed by atoms with Gasteiger partial charge in [-0.05, 0) is 56.0 Å². The molecule has 2 amide bonds. The van der Waals surface area contributed by atoms with Crippen LogP contribution in [0.1, 0.15) is 56.6 Å². The van der Waals surface area contributed by atoms with E-state index in [1.54, 1.807) is 12.0 Å². The maximum Gasteiger partial charge on any atom is 0.243 e. The number of methoxy groups -OCH3 is 1. The number of benzene rings is 2. The SMILES string of the molecule is CC[C@H](C(=O)NC1CCCCC1)N(Cc1ccc(OC)cc1)C(=O)CSc1ccc(C)cc1. The van der Waals surface area contributed by atoms with Crippen molar-refractivity contribution in [2.24, 2.45) is 0 Å². The van der Waals surface area contributed by atoms with Crippen LogP contribution in [0.5, 0.6) is 5.75 Å². The Morgan fingerprint density at radius 3 is 2.33 bits per heavy atom. The largest absolute Gasteiger partial charge is 0.497 e. The lowest BCUT2D eigenvalue weighted by Crippen LogP contribution is -2.52. The van der Waals surface area contributed by atoms with Gasteiger partial charge >= 0.3 is 0 Å². The number of hydrogen-bond acceptors (Lipinski definition) is 4. The van der Waals surface area contributed by atoms with Crippen LogP contribution in [-0.2, 0) is 16.1 Å². The van der Waals surface area contributed by atoms with Crippen molar-refractivity contribution in [1.29, 1.82) is 0 Å². The van der Waals surface area contributed by atoms with Gasteiger partial charge in [-0.15, -0.1) is 11.8 Å². The average Bonchev–Trinajstić information content (AvgIpc) is 2.84. The molecule has 2 aromatic rings. The summed E-state index contributed by atoms with van der Waals surface area (Å²) in [5.74, 6) is 1.01. The lowest BCUT2D eigenvalue weighted by atomic mass is 9.95. The fourth-order valence-corrected chi connectivity index (χ4v) is 5.04. The molecule has 0 aromatic heterocycles. The Labute approximate surface area is 202 Å². The third-order valence-electron chi connectivity index (χ3n) is 6.23. The van der Waals surface area contributed by atoms with Gasteiger partial charge in [0.25, 0.3) is 0 Å². The Hall–Kier alpha value is -2.47. The van der Waals surface area contributed by atoms with Gasteiger partial charge in [0, 0.05) is 17.5 Å². The molecule has 0 heterocycles. The van der Waals surface area contributed by atoms with Gasteiger partial charge in [0.1, 0.15) is 11.8 Å². The van der Waals surface area contributed by atoms with Crippen LogP contribution in [0.2, 0.25) is 0 Å². The Balaban J connectivity index is 1.74. The van der Waals surface area contributed by atoms with Crippen molar-refractivity contribution in [3.63, 3.8) is 0 Å². The second-order valence-corrected chi connectivity index (χ2v) is 9.79. The molecule has 1 fully saturated rings. The number of rotatable bonds is 10. The monoisotopic (exact) mass is 468 g/mol. The Morgan fingerprint density at radius 1 is 1.06 bits per heavy atom. The molecular formula is C27H36N2O3S. The number of ether oxygens (including phenoxy) is 1. The lowest BCUT2D eigenvalue weighted by Gasteiger charge is -2.32. The molecule has 0 saturated heterocycles. The molecule has 1 N–H and O–H groups in total. The third-order valence-corrected chi connectivity index (χ3v) is 7.23.